The van der Waals surface area contributed by atoms with Gasteiger partial charge in [0.25, 0.3) is 0 Å². The molecule has 0 saturated carbocycles. The van der Waals surface area contributed by atoms with Crippen LogP contribution in [0.5, 0.6) is 0 Å². The number of hydrogen-bond acceptors (Lipinski definition) is 6. The monoisotopic (exact) mass is 407 g/mol. The Hall–Kier alpha value is -3.90. The van der Waals surface area contributed by atoms with Gasteiger partial charge in [0.05, 0.1) is 11.4 Å². The molecule has 0 unspecified atom stereocenters. The van der Waals surface area contributed by atoms with Crippen LogP contribution in [0.15, 0.2) is 96.6 Å². The van der Waals surface area contributed by atoms with Crippen molar-refractivity contribution in [2.75, 3.05) is 5.32 Å². The molecule has 0 spiro atoms. The first kappa shape index (κ1) is 18.1. The fraction of sp³-hybridized carbons (Fsp3) is 0. The maximum Gasteiger partial charge on any atom is 0.153 e. The third-order valence-corrected chi connectivity index (χ3v) is 5.47. The Morgan fingerprint density at radius 3 is 2.37 bits per heavy atom. The van der Waals surface area contributed by atoms with E-state index in [9.17, 15) is 0 Å². The van der Waals surface area contributed by atoms with Crippen LogP contribution in [0.4, 0.5) is 11.5 Å². The van der Waals surface area contributed by atoms with Crippen molar-refractivity contribution in [2.24, 2.45) is 0 Å². The summed E-state index contributed by atoms with van der Waals surface area (Å²) in [7, 11) is 0. The van der Waals surface area contributed by atoms with E-state index in [-0.39, 0.29) is 0 Å². The first-order chi connectivity index (χ1) is 14.8. The van der Waals surface area contributed by atoms with Crippen molar-refractivity contribution in [3.63, 3.8) is 0 Å². The van der Waals surface area contributed by atoms with Crippen LogP contribution < -0.4 is 5.32 Å². The summed E-state index contributed by atoms with van der Waals surface area (Å²) in [6.07, 6.45) is 3.60. The average Bonchev–Trinajstić information content (AvgIpc) is 3.32. The van der Waals surface area contributed by atoms with Gasteiger partial charge in [0.1, 0.15) is 5.01 Å². The Balaban J connectivity index is 1.35. The van der Waals surface area contributed by atoms with Gasteiger partial charge < -0.3 is 5.32 Å². The lowest BCUT2D eigenvalue weighted by atomic mass is 10.1. The molecule has 3 heterocycles. The Morgan fingerprint density at radius 2 is 1.57 bits per heavy atom. The van der Waals surface area contributed by atoms with Crippen molar-refractivity contribution in [1.82, 2.24) is 20.2 Å². The van der Waals surface area contributed by atoms with Crippen LogP contribution in [0.3, 0.4) is 0 Å². The molecule has 2 aromatic carbocycles. The molecule has 5 rings (SSSR count). The Morgan fingerprint density at radius 1 is 0.700 bits per heavy atom. The molecule has 144 valence electrons. The van der Waals surface area contributed by atoms with Gasteiger partial charge in [-0.1, -0.05) is 42.5 Å². The molecule has 3 aromatic heterocycles. The maximum atomic E-state index is 4.77. The Bertz CT molecular complexity index is 1250. The number of aromatic nitrogens is 4. The van der Waals surface area contributed by atoms with E-state index in [0.29, 0.717) is 5.82 Å². The number of nitrogens with one attached hydrogen (secondary N) is 1. The zero-order valence-corrected chi connectivity index (χ0v) is 16.8. The third kappa shape index (κ3) is 3.94. The summed E-state index contributed by atoms with van der Waals surface area (Å²) in [5.74, 6) is 0.696. The van der Waals surface area contributed by atoms with Gasteiger partial charge in [-0.2, -0.15) is 0 Å². The minimum absolute atomic E-state index is 0.696. The lowest BCUT2D eigenvalue weighted by Crippen LogP contribution is -1.96. The van der Waals surface area contributed by atoms with E-state index in [1.165, 1.54) is 0 Å². The topological polar surface area (TPSA) is 63.6 Å². The van der Waals surface area contributed by atoms with E-state index in [1.54, 1.807) is 17.5 Å². The SMILES string of the molecule is c1ccc(-c2ccc(Nc3cccc(-c4csc(-c5cccnc5)n4)c3)nn2)cc1. The zero-order chi connectivity index (χ0) is 20.2. The molecule has 0 fully saturated rings. The van der Waals surface area contributed by atoms with E-state index >= 15 is 0 Å². The van der Waals surface area contributed by atoms with Crippen molar-refractivity contribution in [3.05, 3.63) is 96.6 Å². The van der Waals surface area contributed by atoms with Crippen molar-refractivity contribution in [3.8, 4) is 33.1 Å². The fourth-order valence-corrected chi connectivity index (χ4v) is 3.91. The molecular formula is C24H17N5S. The largest absolute Gasteiger partial charge is 0.339 e. The molecule has 0 radical (unpaired) electrons. The number of nitrogens with zero attached hydrogens (tertiary/aromatic N) is 4. The number of thiazole rings is 1. The minimum atomic E-state index is 0.696. The van der Waals surface area contributed by atoms with Gasteiger partial charge in [0, 0.05) is 40.2 Å². The van der Waals surface area contributed by atoms with Crippen LogP contribution in [-0.4, -0.2) is 20.2 Å². The molecule has 5 aromatic rings. The lowest BCUT2D eigenvalue weighted by Gasteiger charge is -2.07. The average molecular weight is 408 g/mol. The second kappa shape index (κ2) is 8.23. The van der Waals surface area contributed by atoms with E-state index in [0.717, 1.165) is 38.8 Å². The van der Waals surface area contributed by atoms with E-state index in [1.807, 2.05) is 72.9 Å². The highest BCUT2D eigenvalue weighted by molar-refractivity contribution is 7.13. The predicted molar refractivity (Wildman–Crippen MR) is 122 cm³/mol. The number of hydrogen-bond donors (Lipinski definition) is 1. The second-order valence-corrected chi connectivity index (χ2v) is 7.51. The molecule has 6 heteroatoms. The van der Waals surface area contributed by atoms with Crippen LogP contribution in [0.1, 0.15) is 0 Å². The standard InChI is InChI=1S/C24H17N5S/c1-2-6-17(7-3-1)21-11-12-23(29-28-21)26-20-10-4-8-18(14-20)22-16-30-24(27-22)19-9-5-13-25-15-19/h1-16H,(H,26,29). The molecule has 5 nitrogen and oxygen atoms in total. The predicted octanol–water partition coefficient (Wildman–Crippen LogP) is 6.07. The van der Waals surface area contributed by atoms with Gasteiger partial charge in [-0.25, -0.2) is 4.98 Å². The molecule has 0 aliphatic rings. The lowest BCUT2D eigenvalue weighted by molar-refractivity contribution is 1.04. The zero-order valence-electron chi connectivity index (χ0n) is 15.9. The smallest absolute Gasteiger partial charge is 0.153 e. The first-order valence-corrected chi connectivity index (χ1v) is 10.4. The number of pyridine rings is 1. The first-order valence-electron chi connectivity index (χ1n) is 9.48. The summed E-state index contributed by atoms with van der Waals surface area (Å²) in [6.45, 7) is 0. The quantitative estimate of drug-likeness (QED) is 0.383. The summed E-state index contributed by atoms with van der Waals surface area (Å²) < 4.78 is 0. The highest BCUT2D eigenvalue weighted by atomic mass is 32.1. The number of anilines is 2. The van der Waals surface area contributed by atoms with Gasteiger partial charge in [-0.3, -0.25) is 4.98 Å². The van der Waals surface area contributed by atoms with Crippen LogP contribution in [0.25, 0.3) is 33.1 Å². The summed E-state index contributed by atoms with van der Waals surface area (Å²) >= 11 is 1.61. The van der Waals surface area contributed by atoms with E-state index < -0.39 is 0 Å². The van der Waals surface area contributed by atoms with Gasteiger partial charge >= 0.3 is 0 Å². The van der Waals surface area contributed by atoms with Crippen LogP contribution in [0.2, 0.25) is 0 Å². The summed E-state index contributed by atoms with van der Waals surface area (Å²) in [5, 5.41) is 15.0. The highest BCUT2D eigenvalue weighted by Gasteiger charge is 2.08. The molecule has 0 aliphatic carbocycles. The molecule has 1 N–H and O–H groups in total. The molecular weight excluding hydrogens is 390 g/mol. The normalized spacial score (nSPS) is 10.7. The van der Waals surface area contributed by atoms with Crippen LogP contribution in [0, 0.1) is 0 Å². The van der Waals surface area contributed by atoms with Gasteiger partial charge in [0.15, 0.2) is 5.82 Å². The van der Waals surface area contributed by atoms with Gasteiger partial charge in [-0.05, 0) is 36.4 Å². The summed E-state index contributed by atoms with van der Waals surface area (Å²) in [4.78, 5) is 8.94. The highest BCUT2D eigenvalue weighted by Crippen LogP contribution is 2.30. The van der Waals surface area contributed by atoms with Gasteiger partial charge in [-0.15, -0.1) is 21.5 Å². The van der Waals surface area contributed by atoms with Gasteiger partial charge in [0.2, 0.25) is 0 Å². The van der Waals surface area contributed by atoms with Crippen molar-refractivity contribution in [1.29, 1.82) is 0 Å². The Labute approximate surface area is 178 Å². The molecule has 0 bridgehead atoms. The minimum Gasteiger partial charge on any atom is -0.339 e. The fourth-order valence-electron chi connectivity index (χ4n) is 3.09. The van der Waals surface area contributed by atoms with Crippen LogP contribution >= 0.6 is 11.3 Å². The molecule has 0 amide bonds. The molecule has 0 atom stereocenters. The molecule has 0 aliphatic heterocycles. The summed E-state index contributed by atoms with van der Waals surface area (Å²) in [6, 6.07) is 26.0. The third-order valence-electron chi connectivity index (χ3n) is 4.58. The van der Waals surface area contributed by atoms with E-state index in [4.69, 9.17) is 4.98 Å². The number of rotatable bonds is 5. The number of benzene rings is 2. The van der Waals surface area contributed by atoms with Crippen LogP contribution in [-0.2, 0) is 0 Å². The molecule has 30 heavy (non-hydrogen) atoms. The van der Waals surface area contributed by atoms with Crippen molar-refractivity contribution < 1.29 is 0 Å². The second-order valence-electron chi connectivity index (χ2n) is 6.66. The van der Waals surface area contributed by atoms with E-state index in [2.05, 4.69) is 38.0 Å². The van der Waals surface area contributed by atoms with Crippen molar-refractivity contribution >= 4 is 22.8 Å². The molecule has 0 saturated heterocycles. The van der Waals surface area contributed by atoms with Crippen molar-refractivity contribution in [2.45, 2.75) is 0 Å². The summed E-state index contributed by atoms with van der Waals surface area (Å²) in [5.41, 5.74) is 5.84. The maximum absolute atomic E-state index is 4.77. The Kier molecular flexibility index (Phi) is 4.98.